The van der Waals surface area contributed by atoms with E-state index in [0.29, 0.717) is 36.5 Å². The van der Waals surface area contributed by atoms with Gasteiger partial charge < -0.3 is 15.3 Å². The Labute approximate surface area is 196 Å². The van der Waals surface area contributed by atoms with Crippen molar-refractivity contribution in [1.82, 2.24) is 0 Å². The molecule has 0 aliphatic heterocycles. The molecule has 2 aliphatic carbocycles. The van der Waals surface area contributed by atoms with Crippen LogP contribution in [0.1, 0.15) is 92.4 Å². The third-order valence-electron chi connectivity index (χ3n) is 5.82. The lowest BCUT2D eigenvalue weighted by atomic mass is 9.67. The molecule has 5 heteroatoms. The summed E-state index contributed by atoms with van der Waals surface area (Å²) in [5.41, 5.74) is 1.53. The molecule has 2 aliphatic rings. The maximum absolute atomic E-state index is 10.5. The number of carboxylic acid groups (broad SMARTS) is 2. The molecule has 0 saturated carbocycles. The molecule has 2 rings (SSSR count). The Kier molecular flexibility index (Phi) is 19.7. The number of fused-ring (bicyclic) bond motifs is 1. The van der Waals surface area contributed by atoms with E-state index in [2.05, 4.69) is 44.9 Å². The van der Waals surface area contributed by atoms with Crippen molar-refractivity contribution in [3.8, 4) is 12.8 Å². The summed E-state index contributed by atoms with van der Waals surface area (Å²) in [7, 11) is 0. The molecule has 0 radical (unpaired) electrons. The molecule has 0 spiro atoms. The van der Waals surface area contributed by atoms with E-state index >= 15 is 0 Å². The Morgan fingerprint density at radius 2 is 1.72 bits per heavy atom. The van der Waals surface area contributed by atoms with Crippen molar-refractivity contribution in [2.45, 2.75) is 98.5 Å². The largest absolute Gasteiger partial charge is 0.481 e. The number of carbonyl (C=O) groups is 2. The van der Waals surface area contributed by atoms with Gasteiger partial charge >= 0.3 is 11.9 Å². The number of unbranched alkanes of at least 4 members (excludes halogenated alkanes) is 1. The zero-order valence-electron chi connectivity index (χ0n) is 20.8. The first-order chi connectivity index (χ1) is 15.2. The second-order valence-electron chi connectivity index (χ2n) is 8.39. The summed E-state index contributed by atoms with van der Waals surface area (Å²) in [6.07, 6.45) is 21.7. The molecule has 0 aromatic carbocycles. The fourth-order valence-electron chi connectivity index (χ4n) is 4.30. The Bertz CT molecular complexity index is 590. The van der Waals surface area contributed by atoms with E-state index < -0.39 is 18.0 Å². The number of aliphatic hydroxyl groups is 1. The molecule has 0 heterocycles. The third kappa shape index (κ3) is 14.1. The van der Waals surface area contributed by atoms with Crippen molar-refractivity contribution < 1.29 is 24.9 Å². The van der Waals surface area contributed by atoms with Crippen LogP contribution < -0.4 is 0 Å². The van der Waals surface area contributed by atoms with Crippen LogP contribution >= 0.6 is 0 Å². The summed E-state index contributed by atoms with van der Waals surface area (Å²) in [4.78, 5) is 20.1. The van der Waals surface area contributed by atoms with Gasteiger partial charge in [0.25, 0.3) is 0 Å². The fourth-order valence-corrected chi connectivity index (χ4v) is 4.30. The number of terminal acetylenes is 1. The standard InChI is InChI=1S/C19H30O3.C4H8O2.C2H6.C2H2/c1-13-7-10-18-15(11-13)9-8-14(2)17(18)6-4-3-5-16(20)12-19(21)22;1-2-3-4(5)6;2*1-2/h8-9,11,13-14,16-18,20H,3-7,10,12H2,1-2H3,(H,21,22);2-3H2,1H3,(H,5,6);1-2H3;1-2H/t13-,14+,16-,17+,18?;;;/m1.../s1. The Morgan fingerprint density at radius 3 is 2.22 bits per heavy atom. The van der Waals surface area contributed by atoms with Crippen LogP contribution in [-0.4, -0.2) is 33.4 Å². The fraction of sp³-hybridized carbons (Fsp3) is 0.704. The highest BCUT2D eigenvalue weighted by Crippen LogP contribution is 2.43. The molecule has 5 atom stereocenters. The summed E-state index contributed by atoms with van der Waals surface area (Å²) in [5, 5.41) is 26.2. The summed E-state index contributed by atoms with van der Waals surface area (Å²) >= 11 is 0. The molecule has 184 valence electrons. The number of allylic oxidation sites excluding steroid dienone is 4. The number of carboxylic acids is 2. The first-order valence-corrected chi connectivity index (χ1v) is 12.1. The van der Waals surface area contributed by atoms with Gasteiger partial charge in [-0.05, 0) is 61.3 Å². The maximum Gasteiger partial charge on any atom is 0.305 e. The Balaban J connectivity index is 0. The van der Waals surface area contributed by atoms with Crippen LogP contribution in [0.2, 0.25) is 0 Å². The summed E-state index contributed by atoms with van der Waals surface area (Å²) in [6.45, 7) is 10.5. The summed E-state index contributed by atoms with van der Waals surface area (Å²) < 4.78 is 0. The van der Waals surface area contributed by atoms with Gasteiger partial charge in [-0.3, -0.25) is 9.59 Å². The molecule has 3 N–H and O–H groups in total. The van der Waals surface area contributed by atoms with Crippen molar-refractivity contribution >= 4 is 11.9 Å². The topological polar surface area (TPSA) is 94.8 Å². The van der Waals surface area contributed by atoms with Gasteiger partial charge in [0, 0.05) is 6.42 Å². The number of aliphatic carboxylic acids is 2. The number of hydrogen-bond donors (Lipinski definition) is 3. The van der Waals surface area contributed by atoms with Crippen molar-refractivity contribution in [3.63, 3.8) is 0 Å². The van der Waals surface area contributed by atoms with E-state index in [1.54, 1.807) is 0 Å². The van der Waals surface area contributed by atoms with Gasteiger partial charge in [-0.2, -0.15) is 0 Å². The molecular formula is C27H46O5. The van der Waals surface area contributed by atoms with Gasteiger partial charge in [0.2, 0.25) is 0 Å². The molecular weight excluding hydrogens is 404 g/mol. The lowest BCUT2D eigenvalue weighted by molar-refractivity contribution is -0.139. The minimum atomic E-state index is -0.912. The molecule has 0 fully saturated rings. The van der Waals surface area contributed by atoms with Crippen LogP contribution in [0, 0.1) is 36.5 Å². The molecule has 5 nitrogen and oxygen atoms in total. The van der Waals surface area contributed by atoms with Crippen LogP contribution in [0.4, 0.5) is 0 Å². The monoisotopic (exact) mass is 450 g/mol. The molecule has 0 bridgehead atoms. The molecule has 0 saturated heterocycles. The minimum absolute atomic E-state index is 0.129. The van der Waals surface area contributed by atoms with Gasteiger partial charge in [-0.1, -0.05) is 65.7 Å². The van der Waals surface area contributed by atoms with Crippen LogP contribution in [0.25, 0.3) is 0 Å². The molecule has 1 unspecified atom stereocenters. The number of aliphatic hydroxyl groups excluding tert-OH is 1. The Morgan fingerprint density at radius 1 is 1.09 bits per heavy atom. The van der Waals surface area contributed by atoms with Gasteiger partial charge in [0.05, 0.1) is 12.5 Å². The van der Waals surface area contributed by atoms with Gasteiger partial charge in [0.1, 0.15) is 0 Å². The average molecular weight is 451 g/mol. The molecule has 0 aromatic rings. The molecule has 32 heavy (non-hydrogen) atoms. The predicted octanol–water partition coefficient (Wildman–Crippen LogP) is 6.32. The maximum atomic E-state index is 10.5. The van der Waals surface area contributed by atoms with E-state index in [1.807, 2.05) is 20.8 Å². The first kappa shape index (κ1) is 32.1. The average Bonchev–Trinajstić information content (AvgIpc) is 2.75. The zero-order chi connectivity index (χ0) is 25.1. The van der Waals surface area contributed by atoms with E-state index in [9.17, 15) is 14.7 Å². The lowest BCUT2D eigenvalue weighted by Gasteiger charge is -2.38. The lowest BCUT2D eigenvalue weighted by Crippen LogP contribution is -2.28. The van der Waals surface area contributed by atoms with Crippen molar-refractivity contribution in [1.29, 1.82) is 0 Å². The van der Waals surface area contributed by atoms with Crippen molar-refractivity contribution in [3.05, 3.63) is 23.8 Å². The second kappa shape index (κ2) is 19.6. The molecule has 0 aromatic heterocycles. The normalized spacial score (nSPS) is 23.9. The highest BCUT2D eigenvalue weighted by Gasteiger charge is 2.32. The molecule has 0 amide bonds. The van der Waals surface area contributed by atoms with Crippen molar-refractivity contribution in [2.24, 2.45) is 23.7 Å². The highest BCUT2D eigenvalue weighted by molar-refractivity contribution is 5.67. The quantitative estimate of drug-likeness (QED) is 0.282. The Hall–Kier alpha value is -2.06. The SMILES string of the molecule is C#C.CC.CCCC(=O)O.C[C@H]1C=C2C=C[C@H](C)[C@H](CCCC[C@@H](O)CC(=O)O)C2CC1. The van der Waals surface area contributed by atoms with Gasteiger partial charge in [-0.15, -0.1) is 12.8 Å². The number of rotatable bonds is 9. The number of hydrogen-bond acceptors (Lipinski definition) is 3. The van der Waals surface area contributed by atoms with E-state index in [4.69, 9.17) is 10.2 Å². The van der Waals surface area contributed by atoms with E-state index in [0.717, 1.165) is 19.3 Å². The van der Waals surface area contributed by atoms with Crippen LogP contribution in [0.15, 0.2) is 23.8 Å². The van der Waals surface area contributed by atoms with E-state index in [1.165, 1.54) is 24.8 Å². The van der Waals surface area contributed by atoms with Gasteiger partial charge in [0.15, 0.2) is 0 Å². The van der Waals surface area contributed by atoms with Crippen LogP contribution in [0.3, 0.4) is 0 Å². The van der Waals surface area contributed by atoms with Crippen LogP contribution in [-0.2, 0) is 9.59 Å². The highest BCUT2D eigenvalue weighted by atomic mass is 16.4. The third-order valence-corrected chi connectivity index (χ3v) is 5.82. The zero-order valence-corrected chi connectivity index (χ0v) is 20.8. The summed E-state index contributed by atoms with van der Waals surface area (Å²) in [6, 6.07) is 0. The predicted molar refractivity (Wildman–Crippen MR) is 132 cm³/mol. The smallest absolute Gasteiger partial charge is 0.305 e. The summed E-state index contributed by atoms with van der Waals surface area (Å²) in [5.74, 6) is 1.12. The minimum Gasteiger partial charge on any atom is -0.481 e. The second-order valence-corrected chi connectivity index (χ2v) is 8.39. The first-order valence-electron chi connectivity index (χ1n) is 12.1. The van der Waals surface area contributed by atoms with Crippen LogP contribution in [0.5, 0.6) is 0 Å². The van der Waals surface area contributed by atoms with Gasteiger partial charge in [-0.25, -0.2) is 0 Å². The van der Waals surface area contributed by atoms with Crippen molar-refractivity contribution in [2.75, 3.05) is 0 Å². The van der Waals surface area contributed by atoms with E-state index in [-0.39, 0.29) is 6.42 Å².